The van der Waals surface area contributed by atoms with E-state index in [1.54, 1.807) is 18.5 Å². The van der Waals surface area contributed by atoms with Gasteiger partial charge in [0.15, 0.2) is 5.69 Å². The van der Waals surface area contributed by atoms with E-state index in [2.05, 4.69) is 15.4 Å². The van der Waals surface area contributed by atoms with Crippen molar-refractivity contribution in [2.24, 2.45) is 0 Å². The van der Waals surface area contributed by atoms with Crippen LogP contribution in [0.5, 0.6) is 0 Å². The minimum atomic E-state index is -4.76. The molecular weight excluding hydrogens is 381 g/mol. The number of carbonyl (C=O) groups excluding carboxylic acids is 1. The predicted octanol–water partition coefficient (Wildman–Crippen LogP) is 3.91. The molecule has 0 aliphatic rings. The molecule has 2 aromatic heterocycles. The number of halogens is 4. The van der Waals surface area contributed by atoms with Crippen LogP contribution >= 0.6 is 11.6 Å². The highest BCUT2D eigenvalue weighted by molar-refractivity contribution is 6.30. The molecule has 0 aliphatic carbocycles. The maximum atomic E-state index is 13.6. The van der Waals surface area contributed by atoms with Gasteiger partial charge in [0, 0.05) is 24.0 Å². The number of benzene rings is 1. The van der Waals surface area contributed by atoms with E-state index in [0.29, 0.717) is 16.1 Å². The minimum Gasteiger partial charge on any atom is -0.352 e. The molecule has 5 nitrogen and oxygen atoms in total. The summed E-state index contributed by atoms with van der Waals surface area (Å²) in [5, 5.41) is 6.63. The fraction of sp³-hybridized carbons (Fsp3) is 0.167. The number of carbonyl (C=O) groups is 1. The van der Waals surface area contributed by atoms with Gasteiger partial charge in [-0.15, -0.1) is 0 Å². The zero-order chi connectivity index (χ0) is 19.4. The number of nitrogens with zero attached hydrogens (tertiary/aromatic N) is 3. The lowest BCUT2D eigenvalue weighted by Gasteiger charge is -2.13. The highest BCUT2D eigenvalue weighted by Gasteiger charge is 2.40. The van der Waals surface area contributed by atoms with Gasteiger partial charge in [-0.2, -0.15) is 18.3 Å². The van der Waals surface area contributed by atoms with Crippen LogP contribution in [0.4, 0.5) is 13.2 Å². The maximum Gasteiger partial charge on any atom is 0.434 e. The molecule has 0 aliphatic heterocycles. The van der Waals surface area contributed by atoms with E-state index in [1.165, 1.54) is 24.3 Å². The SMILES string of the molecule is O=C(NCCc1cccnc1)c1cnn(-c2ccc(Cl)cc2)c1C(F)(F)F. The van der Waals surface area contributed by atoms with Gasteiger partial charge in [-0.3, -0.25) is 9.78 Å². The third-order valence-electron chi connectivity index (χ3n) is 3.78. The lowest BCUT2D eigenvalue weighted by Crippen LogP contribution is -2.28. The molecule has 2 heterocycles. The average Bonchev–Trinajstić information content (AvgIpc) is 3.09. The molecule has 0 spiro atoms. The van der Waals surface area contributed by atoms with Crippen molar-refractivity contribution < 1.29 is 18.0 Å². The molecule has 0 saturated carbocycles. The van der Waals surface area contributed by atoms with Gasteiger partial charge in [0.1, 0.15) is 0 Å². The molecule has 0 radical (unpaired) electrons. The lowest BCUT2D eigenvalue weighted by atomic mass is 10.2. The summed E-state index contributed by atoms with van der Waals surface area (Å²) < 4.78 is 41.4. The number of hydrogen-bond donors (Lipinski definition) is 1. The Morgan fingerprint density at radius 3 is 2.52 bits per heavy atom. The lowest BCUT2D eigenvalue weighted by molar-refractivity contribution is -0.143. The van der Waals surface area contributed by atoms with Crippen LogP contribution in [0.25, 0.3) is 5.69 Å². The van der Waals surface area contributed by atoms with Crippen LogP contribution in [0.2, 0.25) is 5.02 Å². The number of pyridine rings is 1. The monoisotopic (exact) mass is 394 g/mol. The summed E-state index contributed by atoms with van der Waals surface area (Å²) >= 11 is 5.77. The molecule has 0 unspecified atom stereocenters. The van der Waals surface area contributed by atoms with Crippen molar-refractivity contribution in [3.8, 4) is 5.69 Å². The number of hydrogen-bond acceptors (Lipinski definition) is 3. The number of aromatic nitrogens is 3. The second-order valence-electron chi connectivity index (χ2n) is 5.66. The number of nitrogens with one attached hydrogen (secondary N) is 1. The first-order chi connectivity index (χ1) is 12.9. The normalized spacial score (nSPS) is 11.4. The topological polar surface area (TPSA) is 59.8 Å². The molecule has 3 aromatic rings. The third-order valence-corrected chi connectivity index (χ3v) is 4.03. The molecule has 0 fully saturated rings. The van der Waals surface area contributed by atoms with E-state index >= 15 is 0 Å². The molecule has 1 aromatic carbocycles. The Morgan fingerprint density at radius 1 is 1.15 bits per heavy atom. The van der Waals surface area contributed by atoms with Crippen LogP contribution in [0, 0.1) is 0 Å². The van der Waals surface area contributed by atoms with E-state index in [-0.39, 0.29) is 12.2 Å². The summed E-state index contributed by atoms with van der Waals surface area (Å²) in [7, 11) is 0. The van der Waals surface area contributed by atoms with Crippen molar-refractivity contribution in [1.82, 2.24) is 20.1 Å². The van der Waals surface area contributed by atoms with Gasteiger partial charge >= 0.3 is 6.18 Å². The molecule has 1 N–H and O–H groups in total. The van der Waals surface area contributed by atoms with Gasteiger partial charge in [-0.1, -0.05) is 17.7 Å². The van der Waals surface area contributed by atoms with Crippen molar-refractivity contribution >= 4 is 17.5 Å². The van der Waals surface area contributed by atoms with E-state index in [4.69, 9.17) is 11.6 Å². The Bertz CT molecular complexity index is 924. The van der Waals surface area contributed by atoms with E-state index in [9.17, 15) is 18.0 Å². The number of rotatable bonds is 5. The van der Waals surface area contributed by atoms with Crippen LogP contribution in [0.15, 0.2) is 55.0 Å². The van der Waals surface area contributed by atoms with Crippen LogP contribution in [0.1, 0.15) is 21.6 Å². The van der Waals surface area contributed by atoms with Crippen molar-refractivity contribution in [2.75, 3.05) is 6.54 Å². The second-order valence-corrected chi connectivity index (χ2v) is 6.10. The summed E-state index contributed by atoms with van der Waals surface area (Å²) in [6.07, 6.45) is -0.149. The Kier molecular flexibility index (Phi) is 5.46. The summed E-state index contributed by atoms with van der Waals surface area (Å²) in [4.78, 5) is 16.2. The van der Waals surface area contributed by atoms with Crippen LogP contribution in [0.3, 0.4) is 0 Å². The van der Waals surface area contributed by atoms with Crippen molar-refractivity contribution in [2.45, 2.75) is 12.6 Å². The predicted molar refractivity (Wildman–Crippen MR) is 93.9 cm³/mol. The first-order valence-electron chi connectivity index (χ1n) is 7.94. The fourth-order valence-electron chi connectivity index (χ4n) is 2.53. The average molecular weight is 395 g/mol. The molecule has 140 valence electrons. The van der Waals surface area contributed by atoms with Crippen LogP contribution in [-0.4, -0.2) is 27.2 Å². The fourth-order valence-corrected chi connectivity index (χ4v) is 2.65. The minimum absolute atomic E-state index is 0.154. The first-order valence-corrected chi connectivity index (χ1v) is 8.32. The van der Waals surface area contributed by atoms with E-state index < -0.39 is 23.3 Å². The van der Waals surface area contributed by atoms with Gasteiger partial charge in [0.2, 0.25) is 0 Å². The van der Waals surface area contributed by atoms with Gasteiger partial charge in [-0.05, 0) is 42.3 Å². The maximum absolute atomic E-state index is 13.6. The largest absolute Gasteiger partial charge is 0.434 e. The second kappa shape index (κ2) is 7.79. The van der Waals surface area contributed by atoms with Crippen molar-refractivity contribution in [1.29, 1.82) is 0 Å². The molecule has 3 rings (SSSR count). The number of alkyl halides is 3. The highest BCUT2D eigenvalue weighted by Crippen LogP contribution is 2.33. The molecule has 0 bridgehead atoms. The van der Waals surface area contributed by atoms with Crippen LogP contribution < -0.4 is 5.32 Å². The summed E-state index contributed by atoms with van der Waals surface area (Å²) in [5.74, 6) is -0.841. The third kappa shape index (κ3) is 4.46. The Labute approximate surface area is 157 Å². The molecular formula is C18H14ClF3N4O. The molecule has 0 saturated heterocycles. The number of amides is 1. The first kappa shape index (κ1) is 18.9. The molecule has 0 atom stereocenters. The summed E-state index contributed by atoms with van der Waals surface area (Å²) in [6.45, 7) is 0.175. The van der Waals surface area contributed by atoms with Crippen molar-refractivity contribution in [3.05, 3.63) is 76.8 Å². The smallest absolute Gasteiger partial charge is 0.352 e. The summed E-state index contributed by atoms with van der Waals surface area (Å²) in [5.41, 5.74) is -0.654. The summed E-state index contributed by atoms with van der Waals surface area (Å²) in [6, 6.07) is 9.26. The molecule has 9 heteroatoms. The van der Waals surface area contributed by atoms with E-state index in [0.717, 1.165) is 11.8 Å². The van der Waals surface area contributed by atoms with Gasteiger partial charge < -0.3 is 5.32 Å². The Hall–Kier alpha value is -2.87. The van der Waals surface area contributed by atoms with Crippen molar-refractivity contribution in [3.63, 3.8) is 0 Å². The quantitative estimate of drug-likeness (QED) is 0.713. The Morgan fingerprint density at radius 2 is 1.89 bits per heavy atom. The zero-order valence-electron chi connectivity index (χ0n) is 13.9. The van der Waals surface area contributed by atoms with Crippen LogP contribution in [-0.2, 0) is 12.6 Å². The van der Waals surface area contributed by atoms with Gasteiger partial charge in [-0.25, -0.2) is 4.68 Å². The van der Waals surface area contributed by atoms with Gasteiger partial charge in [0.05, 0.1) is 17.4 Å². The highest BCUT2D eigenvalue weighted by atomic mass is 35.5. The molecule has 1 amide bonds. The Balaban J connectivity index is 1.82. The zero-order valence-corrected chi connectivity index (χ0v) is 14.6. The molecule has 27 heavy (non-hydrogen) atoms. The van der Waals surface area contributed by atoms with Gasteiger partial charge in [0.25, 0.3) is 5.91 Å². The van der Waals surface area contributed by atoms with E-state index in [1.807, 2.05) is 6.07 Å². The standard InChI is InChI=1S/C18H14ClF3N4O/c19-13-3-5-14(6-4-13)26-16(18(20,21)22)15(11-25-26)17(27)24-9-7-12-2-1-8-23-10-12/h1-6,8,10-11H,7,9H2,(H,24,27).